The Balaban J connectivity index is 1.82. The summed E-state index contributed by atoms with van der Waals surface area (Å²) in [5, 5.41) is 21.6. The Bertz CT molecular complexity index is 842. The zero-order valence-corrected chi connectivity index (χ0v) is 13.8. The SMILES string of the molecule is O=C([O-])/C(=C/c1cccs1)Sc1nnc(-c2ccc(Cl)cc2)o1. The third-order valence-electron chi connectivity index (χ3n) is 2.71. The Morgan fingerprint density at radius 2 is 2.04 bits per heavy atom. The number of carboxylic acid groups (broad SMARTS) is 1. The zero-order chi connectivity index (χ0) is 16.2. The summed E-state index contributed by atoms with van der Waals surface area (Å²) in [6.07, 6.45) is 1.51. The quantitative estimate of drug-likeness (QED) is 0.511. The highest BCUT2D eigenvalue weighted by molar-refractivity contribution is 8.03. The summed E-state index contributed by atoms with van der Waals surface area (Å²) in [6.45, 7) is 0. The number of thiophene rings is 1. The van der Waals surface area contributed by atoms with Crippen molar-refractivity contribution in [3.05, 3.63) is 56.6 Å². The van der Waals surface area contributed by atoms with Gasteiger partial charge in [-0.25, -0.2) is 0 Å². The van der Waals surface area contributed by atoms with E-state index in [0.29, 0.717) is 10.6 Å². The van der Waals surface area contributed by atoms with Crippen molar-refractivity contribution >= 4 is 46.7 Å². The van der Waals surface area contributed by atoms with Crippen LogP contribution in [-0.4, -0.2) is 16.2 Å². The van der Waals surface area contributed by atoms with E-state index in [2.05, 4.69) is 10.2 Å². The Hall–Kier alpha value is -2.09. The van der Waals surface area contributed by atoms with Gasteiger partial charge in [0.1, 0.15) is 0 Å². The number of halogens is 1. The van der Waals surface area contributed by atoms with Crippen LogP contribution in [0.1, 0.15) is 4.88 Å². The number of aliphatic carboxylic acids is 1. The van der Waals surface area contributed by atoms with Gasteiger partial charge in [0.2, 0.25) is 5.89 Å². The van der Waals surface area contributed by atoms with Crippen LogP contribution in [0.4, 0.5) is 0 Å². The van der Waals surface area contributed by atoms with Gasteiger partial charge in [-0.15, -0.1) is 21.5 Å². The highest BCUT2D eigenvalue weighted by Gasteiger charge is 2.12. The van der Waals surface area contributed by atoms with Gasteiger partial charge in [-0.3, -0.25) is 0 Å². The fourth-order valence-corrected chi connectivity index (χ4v) is 3.20. The number of nitrogens with zero attached hydrogens (tertiary/aromatic N) is 2. The molecule has 0 unspecified atom stereocenters. The van der Waals surface area contributed by atoms with E-state index in [-0.39, 0.29) is 16.0 Å². The fraction of sp³-hybridized carbons (Fsp3) is 0. The number of aromatic nitrogens is 2. The van der Waals surface area contributed by atoms with E-state index < -0.39 is 5.97 Å². The van der Waals surface area contributed by atoms with Crippen molar-refractivity contribution in [3.63, 3.8) is 0 Å². The van der Waals surface area contributed by atoms with Crippen molar-refractivity contribution < 1.29 is 14.3 Å². The van der Waals surface area contributed by atoms with Crippen molar-refractivity contribution in [2.24, 2.45) is 0 Å². The van der Waals surface area contributed by atoms with E-state index in [1.807, 2.05) is 11.4 Å². The highest BCUT2D eigenvalue weighted by atomic mass is 35.5. The van der Waals surface area contributed by atoms with Crippen LogP contribution in [-0.2, 0) is 4.79 Å². The smallest absolute Gasteiger partial charge is 0.281 e. The molecule has 3 aromatic rings. The minimum Gasteiger partial charge on any atom is -0.544 e. The van der Waals surface area contributed by atoms with Gasteiger partial charge in [0, 0.05) is 20.4 Å². The maximum atomic E-state index is 11.2. The van der Waals surface area contributed by atoms with Gasteiger partial charge in [0.05, 0.1) is 5.97 Å². The number of thioether (sulfide) groups is 1. The first-order chi connectivity index (χ1) is 11.1. The standard InChI is InChI=1S/C15H9ClN2O3S2/c16-10-5-3-9(4-6-10)13-17-18-15(21-13)23-12(14(19)20)8-11-2-1-7-22-11/h1-8H,(H,19,20)/p-1/b12-8-. The Kier molecular flexibility index (Phi) is 4.80. The molecular weight excluding hydrogens is 356 g/mol. The molecule has 0 saturated carbocycles. The molecule has 5 nitrogen and oxygen atoms in total. The molecule has 116 valence electrons. The molecule has 0 aliphatic carbocycles. The summed E-state index contributed by atoms with van der Waals surface area (Å²) in [5.74, 6) is -1.01. The highest BCUT2D eigenvalue weighted by Crippen LogP contribution is 2.30. The maximum Gasteiger partial charge on any atom is 0.281 e. The molecule has 0 atom stereocenters. The summed E-state index contributed by atoms with van der Waals surface area (Å²) >= 11 is 8.10. The molecule has 3 rings (SSSR count). The van der Waals surface area contributed by atoms with Crippen LogP contribution in [0.15, 0.2) is 56.3 Å². The Morgan fingerprint density at radius 3 is 2.70 bits per heavy atom. The van der Waals surface area contributed by atoms with Gasteiger partial charge in [-0.05, 0) is 53.5 Å². The topological polar surface area (TPSA) is 79.0 Å². The molecule has 0 saturated heterocycles. The first kappa shape index (κ1) is 15.8. The average Bonchev–Trinajstić information content (AvgIpc) is 3.19. The Morgan fingerprint density at radius 1 is 1.26 bits per heavy atom. The van der Waals surface area contributed by atoms with E-state index in [9.17, 15) is 9.90 Å². The van der Waals surface area contributed by atoms with Gasteiger partial charge >= 0.3 is 0 Å². The minimum absolute atomic E-state index is 0.00115. The number of benzene rings is 1. The lowest BCUT2D eigenvalue weighted by Crippen LogP contribution is -2.22. The van der Waals surface area contributed by atoms with Crippen LogP contribution in [0, 0.1) is 0 Å². The van der Waals surface area contributed by atoms with Crippen LogP contribution < -0.4 is 5.11 Å². The lowest BCUT2D eigenvalue weighted by molar-refractivity contribution is -0.298. The number of carbonyl (C=O) groups is 1. The van der Waals surface area contributed by atoms with E-state index in [1.54, 1.807) is 30.3 Å². The van der Waals surface area contributed by atoms with E-state index >= 15 is 0 Å². The van der Waals surface area contributed by atoms with E-state index in [4.69, 9.17) is 16.0 Å². The fourth-order valence-electron chi connectivity index (χ4n) is 1.69. The summed E-state index contributed by atoms with van der Waals surface area (Å²) in [6, 6.07) is 10.5. The van der Waals surface area contributed by atoms with E-state index in [0.717, 1.165) is 16.6 Å². The van der Waals surface area contributed by atoms with Crippen LogP contribution in [0.5, 0.6) is 0 Å². The van der Waals surface area contributed by atoms with Crippen molar-refractivity contribution in [1.82, 2.24) is 10.2 Å². The normalized spacial score (nSPS) is 11.6. The zero-order valence-electron chi connectivity index (χ0n) is 11.4. The van der Waals surface area contributed by atoms with Gasteiger partial charge in [-0.2, -0.15) is 0 Å². The lowest BCUT2D eigenvalue weighted by Gasteiger charge is -2.04. The van der Waals surface area contributed by atoms with Gasteiger partial charge in [0.15, 0.2) is 0 Å². The van der Waals surface area contributed by atoms with E-state index in [1.165, 1.54) is 17.4 Å². The molecule has 1 aromatic carbocycles. The largest absolute Gasteiger partial charge is 0.544 e. The molecule has 0 aliphatic heterocycles. The molecule has 2 heterocycles. The molecule has 0 N–H and O–H groups in total. The van der Waals surface area contributed by atoms with Crippen molar-refractivity contribution in [2.45, 2.75) is 5.22 Å². The lowest BCUT2D eigenvalue weighted by atomic mass is 10.2. The second kappa shape index (κ2) is 6.99. The first-order valence-corrected chi connectivity index (χ1v) is 8.43. The van der Waals surface area contributed by atoms with Crippen molar-refractivity contribution in [1.29, 1.82) is 0 Å². The van der Waals surface area contributed by atoms with Gasteiger partial charge in [0.25, 0.3) is 5.22 Å². The van der Waals surface area contributed by atoms with Gasteiger partial charge in [-0.1, -0.05) is 17.7 Å². The van der Waals surface area contributed by atoms with Crippen molar-refractivity contribution in [3.8, 4) is 11.5 Å². The van der Waals surface area contributed by atoms with Crippen LogP contribution in [0.2, 0.25) is 5.02 Å². The minimum atomic E-state index is -1.30. The maximum absolute atomic E-state index is 11.2. The number of hydrogen-bond acceptors (Lipinski definition) is 7. The third kappa shape index (κ3) is 4.01. The molecule has 8 heteroatoms. The Labute approximate surface area is 144 Å². The molecule has 0 bridgehead atoms. The van der Waals surface area contributed by atoms with Crippen molar-refractivity contribution in [2.75, 3.05) is 0 Å². The molecule has 0 aliphatic rings. The first-order valence-electron chi connectivity index (χ1n) is 6.35. The molecular formula is C15H8ClN2O3S2-. The molecule has 23 heavy (non-hydrogen) atoms. The van der Waals surface area contributed by atoms with Crippen LogP contribution in [0.25, 0.3) is 17.5 Å². The molecule has 0 spiro atoms. The predicted octanol–water partition coefficient (Wildman–Crippen LogP) is 3.33. The van der Waals surface area contributed by atoms with Gasteiger partial charge < -0.3 is 14.3 Å². The molecule has 0 fully saturated rings. The number of rotatable bonds is 5. The summed E-state index contributed by atoms with van der Waals surface area (Å²) < 4.78 is 5.48. The molecule has 2 aromatic heterocycles. The molecule has 0 radical (unpaired) electrons. The van der Waals surface area contributed by atoms with Crippen LogP contribution >= 0.6 is 34.7 Å². The predicted molar refractivity (Wildman–Crippen MR) is 87.9 cm³/mol. The number of carboxylic acids is 1. The monoisotopic (exact) mass is 363 g/mol. The second-order valence-corrected chi connectivity index (χ2v) is 6.70. The average molecular weight is 364 g/mol. The van der Waals surface area contributed by atoms with Crippen LogP contribution in [0.3, 0.4) is 0 Å². The summed E-state index contributed by atoms with van der Waals surface area (Å²) in [5.41, 5.74) is 0.700. The number of hydrogen-bond donors (Lipinski definition) is 0. The third-order valence-corrected chi connectivity index (χ3v) is 4.63. The molecule has 0 amide bonds. The second-order valence-electron chi connectivity index (χ2n) is 4.29. The summed E-state index contributed by atoms with van der Waals surface area (Å²) in [4.78, 5) is 12.0. The number of carbonyl (C=O) groups excluding carboxylic acids is 1. The summed E-state index contributed by atoms with van der Waals surface area (Å²) in [7, 11) is 0.